The van der Waals surface area contributed by atoms with E-state index in [1.807, 2.05) is 13.1 Å². The molecule has 3 rings (SSSR count). The van der Waals surface area contributed by atoms with Crippen LogP contribution in [0.3, 0.4) is 0 Å². The Morgan fingerprint density at radius 1 is 1.20 bits per heavy atom. The van der Waals surface area contributed by atoms with Gasteiger partial charge in [-0.05, 0) is 42.5 Å². The van der Waals surface area contributed by atoms with Crippen molar-refractivity contribution >= 4 is 21.7 Å². The van der Waals surface area contributed by atoms with Crippen molar-refractivity contribution in [3.8, 4) is 0 Å². The second kappa shape index (κ2) is 4.34. The SMILES string of the molecule is CCc1c[nH]c(C)c2c1c1ccc(=O)cc1c(=O)n2C. The van der Waals surface area contributed by atoms with Crippen molar-refractivity contribution in [3.63, 3.8) is 0 Å². The summed E-state index contributed by atoms with van der Waals surface area (Å²) < 4.78 is 1.63. The summed E-state index contributed by atoms with van der Waals surface area (Å²) in [5.74, 6) is 0. The minimum atomic E-state index is -0.133. The van der Waals surface area contributed by atoms with E-state index in [1.165, 1.54) is 12.1 Å². The van der Waals surface area contributed by atoms with Gasteiger partial charge in [-0.1, -0.05) is 6.92 Å². The third-order valence-electron chi connectivity index (χ3n) is 3.89. The van der Waals surface area contributed by atoms with E-state index in [1.54, 1.807) is 17.7 Å². The number of H-pyrrole nitrogens is 1. The Hall–Kier alpha value is -2.36. The van der Waals surface area contributed by atoms with Gasteiger partial charge < -0.3 is 9.55 Å². The quantitative estimate of drug-likeness (QED) is 0.688. The molecule has 0 saturated carbocycles. The molecule has 0 spiro atoms. The highest BCUT2D eigenvalue weighted by Crippen LogP contribution is 2.26. The molecule has 4 nitrogen and oxygen atoms in total. The van der Waals surface area contributed by atoms with E-state index < -0.39 is 0 Å². The summed E-state index contributed by atoms with van der Waals surface area (Å²) in [4.78, 5) is 27.2. The van der Waals surface area contributed by atoms with Gasteiger partial charge in [0.2, 0.25) is 0 Å². The van der Waals surface area contributed by atoms with Gasteiger partial charge in [0.15, 0.2) is 5.43 Å². The van der Waals surface area contributed by atoms with Crippen molar-refractivity contribution in [1.29, 1.82) is 0 Å². The second-order valence-corrected chi connectivity index (χ2v) is 5.09. The molecule has 0 bridgehead atoms. The maximum atomic E-state index is 12.5. The van der Waals surface area contributed by atoms with Crippen LogP contribution in [0.15, 0.2) is 34.0 Å². The molecular formula is C16H16N2O2. The largest absolute Gasteiger partial charge is 0.363 e. The standard InChI is InChI=1S/C16H16N2O2/c1-4-10-8-17-9(2)15-14(10)12-6-5-11(19)7-13(12)16(20)18(15)3/h5-8,17H,4H2,1-3H3. The van der Waals surface area contributed by atoms with Crippen molar-refractivity contribution < 1.29 is 0 Å². The molecule has 0 unspecified atom stereocenters. The molecule has 0 amide bonds. The van der Waals surface area contributed by atoms with Crippen LogP contribution >= 0.6 is 0 Å². The second-order valence-electron chi connectivity index (χ2n) is 5.09. The molecule has 3 aromatic rings. The minimum Gasteiger partial charge on any atom is -0.363 e. The number of nitrogens with one attached hydrogen (secondary N) is 1. The smallest absolute Gasteiger partial charge is 0.258 e. The molecule has 4 heteroatoms. The molecule has 0 aliphatic carbocycles. The van der Waals surface area contributed by atoms with Crippen molar-refractivity contribution in [1.82, 2.24) is 9.55 Å². The van der Waals surface area contributed by atoms with Crippen molar-refractivity contribution in [3.05, 3.63) is 56.2 Å². The highest BCUT2D eigenvalue weighted by molar-refractivity contribution is 6.07. The average Bonchev–Trinajstić information content (AvgIpc) is 2.44. The normalized spacial score (nSPS) is 11.3. The predicted molar refractivity (Wildman–Crippen MR) is 81.4 cm³/mol. The summed E-state index contributed by atoms with van der Waals surface area (Å²) in [6, 6.07) is 4.72. The van der Waals surface area contributed by atoms with Crippen molar-refractivity contribution in [2.75, 3.05) is 0 Å². The third kappa shape index (κ3) is 1.61. The van der Waals surface area contributed by atoms with Gasteiger partial charge in [0.05, 0.1) is 10.9 Å². The zero-order chi connectivity index (χ0) is 14.4. The Morgan fingerprint density at radius 3 is 2.65 bits per heavy atom. The number of rotatable bonds is 1. The zero-order valence-corrected chi connectivity index (χ0v) is 11.8. The van der Waals surface area contributed by atoms with Gasteiger partial charge in [0, 0.05) is 24.3 Å². The fourth-order valence-electron chi connectivity index (χ4n) is 2.87. The first-order valence-corrected chi connectivity index (χ1v) is 6.68. The van der Waals surface area contributed by atoms with Crippen molar-refractivity contribution in [2.45, 2.75) is 20.3 Å². The fraction of sp³-hybridized carbons (Fsp3) is 0.250. The summed E-state index contributed by atoms with van der Waals surface area (Å²) >= 11 is 0. The molecule has 0 aliphatic heterocycles. The lowest BCUT2D eigenvalue weighted by atomic mass is 10.0. The first-order valence-electron chi connectivity index (χ1n) is 6.68. The Kier molecular flexibility index (Phi) is 2.74. The topological polar surface area (TPSA) is 54.9 Å². The van der Waals surface area contributed by atoms with E-state index in [2.05, 4.69) is 11.9 Å². The highest BCUT2D eigenvalue weighted by Gasteiger charge is 2.13. The summed E-state index contributed by atoms with van der Waals surface area (Å²) in [5, 5.41) is 2.41. The number of aromatic nitrogens is 2. The molecule has 2 heterocycles. The molecule has 0 radical (unpaired) electrons. The van der Waals surface area contributed by atoms with E-state index in [0.29, 0.717) is 5.39 Å². The molecule has 102 valence electrons. The van der Waals surface area contributed by atoms with Crippen LogP contribution in [-0.4, -0.2) is 9.55 Å². The van der Waals surface area contributed by atoms with Crippen LogP contribution in [-0.2, 0) is 13.5 Å². The van der Waals surface area contributed by atoms with E-state index >= 15 is 0 Å². The molecule has 0 fully saturated rings. The Labute approximate surface area is 115 Å². The molecule has 1 N–H and O–H groups in total. The summed E-state index contributed by atoms with van der Waals surface area (Å²) in [6.45, 7) is 4.03. The highest BCUT2D eigenvalue weighted by atomic mass is 16.1. The Morgan fingerprint density at radius 2 is 1.95 bits per heavy atom. The molecule has 2 aromatic heterocycles. The number of nitrogens with zero attached hydrogens (tertiary/aromatic N) is 1. The number of pyridine rings is 2. The van der Waals surface area contributed by atoms with Gasteiger partial charge in [0.25, 0.3) is 5.56 Å². The molecule has 0 atom stereocenters. The van der Waals surface area contributed by atoms with Crippen LogP contribution in [0.5, 0.6) is 0 Å². The Balaban J connectivity index is 2.76. The number of aryl methyl sites for hydroxylation is 3. The van der Waals surface area contributed by atoms with E-state index in [9.17, 15) is 9.59 Å². The Bertz CT molecular complexity index is 948. The average molecular weight is 268 g/mol. The number of hydrogen-bond acceptors (Lipinski definition) is 2. The van der Waals surface area contributed by atoms with Gasteiger partial charge in [-0.3, -0.25) is 9.59 Å². The van der Waals surface area contributed by atoms with E-state index in [-0.39, 0.29) is 11.0 Å². The number of benzene rings is 1. The van der Waals surface area contributed by atoms with Crippen LogP contribution in [0, 0.1) is 6.92 Å². The van der Waals surface area contributed by atoms with Crippen LogP contribution < -0.4 is 11.0 Å². The first-order chi connectivity index (χ1) is 9.54. The molecular weight excluding hydrogens is 252 g/mol. The molecule has 0 saturated heterocycles. The van der Waals surface area contributed by atoms with Crippen LogP contribution in [0.4, 0.5) is 0 Å². The number of fused-ring (bicyclic) bond motifs is 3. The summed E-state index contributed by atoms with van der Waals surface area (Å²) in [7, 11) is 1.75. The van der Waals surface area contributed by atoms with Crippen LogP contribution in [0.25, 0.3) is 21.7 Å². The van der Waals surface area contributed by atoms with Gasteiger partial charge in [-0.15, -0.1) is 0 Å². The minimum absolute atomic E-state index is 0.130. The maximum Gasteiger partial charge on any atom is 0.258 e. The van der Waals surface area contributed by atoms with Gasteiger partial charge in [0.1, 0.15) is 0 Å². The lowest BCUT2D eigenvalue weighted by Gasteiger charge is -2.14. The molecule has 1 aromatic carbocycles. The number of aromatic amines is 1. The van der Waals surface area contributed by atoms with Gasteiger partial charge in [-0.25, -0.2) is 0 Å². The number of hydrogen-bond donors (Lipinski definition) is 1. The van der Waals surface area contributed by atoms with Crippen molar-refractivity contribution in [2.24, 2.45) is 7.05 Å². The zero-order valence-electron chi connectivity index (χ0n) is 11.8. The third-order valence-corrected chi connectivity index (χ3v) is 3.89. The van der Waals surface area contributed by atoms with E-state index in [4.69, 9.17) is 0 Å². The molecule has 0 aliphatic rings. The lowest BCUT2D eigenvalue weighted by Crippen LogP contribution is -2.20. The summed E-state index contributed by atoms with van der Waals surface area (Å²) in [5.41, 5.74) is 2.73. The lowest BCUT2D eigenvalue weighted by molar-refractivity contribution is 0.904. The van der Waals surface area contributed by atoms with Gasteiger partial charge >= 0.3 is 0 Å². The predicted octanol–water partition coefficient (Wildman–Crippen LogP) is 2.25. The first kappa shape index (κ1) is 12.7. The van der Waals surface area contributed by atoms with Crippen LogP contribution in [0.1, 0.15) is 18.2 Å². The summed E-state index contributed by atoms with van der Waals surface area (Å²) in [6.07, 6.45) is 2.84. The monoisotopic (exact) mass is 268 g/mol. The van der Waals surface area contributed by atoms with E-state index in [0.717, 1.165) is 34.0 Å². The maximum absolute atomic E-state index is 12.5. The fourth-order valence-corrected chi connectivity index (χ4v) is 2.87. The van der Waals surface area contributed by atoms with Gasteiger partial charge in [-0.2, -0.15) is 0 Å². The van der Waals surface area contributed by atoms with Crippen LogP contribution in [0.2, 0.25) is 0 Å². The molecule has 20 heavy (non-hydrogen) atoms.